The summed E-state index contributed by atoms with van der Waals surface area (Å²) in [7, 11) is 0. The Bertz CT molecular complexity index is 358. The van der Waals surface area contributed by atoms with E-state index in [1.165, 1.54) is 24.0 Å². The molecule has 0 saturated heterocycles. The Morgan fingerprint density at radius 3 is 2.71 bits per heavy atom. The van der Waals surface area contributed by atoms with Gasteiger partial charge in [-0.1, -0.05) is 45.0 Å². The minimum absolute atomic E-state index is 0.580. The van der Waals surface area contributed by atoms with Gasteiger partial charge in [-0.2, -0.15) is 0 Å². The summed E-state index contributed by atoms with van der Waals surface area (Å²) >= 11 is 0. The predicted octanol–water partition coefficient (Wildman–Crippen LogP) is 3.95. The molecule has 0 spiro atoms. The maximum atomic E-state index is 3.73. The van der Waals surface area contributed by atoms with E-state index in [-0.39, 0.29) is 0 Å². The second kappa shape index (κ2) is 5.68. The molecule has 3 unspecified atom stereocenters. The molecule has 1 saturated carbocycles. The van der Waals surface area contributed by atoms with E-state index in [9.17, 15) is 0 Å². The molecule has 0 heterocycles. The van der Waals surface area contributed by atoms with Crippen LogP contribution in [0, 0.1) is 11.8 Å². The van der Waals surface area contributed by atoms with E-state index in [1.54, 1.807) is 0 Å². The fraction of sp³-hybridized carbons (Fsp3) is 0.625. The van der Waals surface area contributed by atoms with Gasteiger partial charge in [-0.3, -0.25) is 0 Å². The molecule has 0 bridgehead atoms. The van der Waals surface area contributed by atoms with Crippen LogP contribution in [0.4, 0.5) is 0 Å². The summed E-state index contributed by atoms with van der Waals surface area (Å²) in [6.45, 7) is 7.97. The van der Waals surface area contributed by atoms with Crippen molar-refractivity contribution in [1.29, 1.82) is 0 Å². The monoisotopic (exact) mass is 231 g/mol. The van der Waals surface area contributed by atoms with E-state index < -0.39 is 0 Å². The van der Waals surface area contributed by atoms with Crippen molar-refractivity contribution in [2.24, 2.45) is 11.8 Å². The van der Waals surface area contributed by atoms with Gasteiger partial charge in [0.05, 0.1) is 0 Å². The zero-order chi connectivity index (χ0) is 12.3. The smallest absolute Gasteiger partial charge is 0.0351 e. The molecule has 1 heteroatoms. The SMILES string of the molecule is CCCNC(c1cccc(CC)c1)C1CC1C. The quantitative estimate of drug-likeness (QED) is 0.782. The van der Waals surface area contributed by atoms with Gasteiger partial charge in [0.2, 0.25) is 0 Å². The van der Waals surface area contributed by atoms with Gasteiger partial charge in [-0.05, 0) is 48.8 Å². The molecule has 0 radical (unpaired) electrons. The molecule has 0 amide bonds. The van der Waals surface area contributed by atoms with Gasteiger partial charge in [0.1, 0.15) is 0 Å². The lowest BCUT2D eigenvalue weighted by molar-refractivity contribution is 0.462. The van der Waals surface area contributed by atoms with E-state index in [1.807, 2.05) is 0 Å². The molecule has 94 valence electrons. The van der Waals surface area contributed by atoms with Crippen molar-refractivity contribution < 1.29 is 0 Å². The number of benzene rings is 1. The van der Waals surface area contributed by atoms with Crippen molar-refractivity contribution in [3.63, 3.8) is 0 Å². The summed E-state index contributed by atoms with van der Waals surface area (Å²) < 4.78 is 0. The van der Waals surface area contributed by atoms with Crippen molar-refractivity contribution >= 4 is 0 Å². The van der Waals surface area contributed by atoms with Crippen molar-refractivity contribution in [2.75, 3.05) is 6.54 Å². The molecule has 0 aliphatic heterocycles. The Hall–Kier alpha value is -0.820. The summed E-state index contributed by atoms with van der Waals surface area (Å²) in [6, 6.07) is 9.70. The Kier molecular flexibility index (Phi) is 4.22. The van der Waals surface area contributed by atoms with Crippen molar-refractivity contribution in [3.05, 3.63) is 35.4 Å². The first-order valence-electron chi connectivity index (χ1n) is 7.08. The van der Waals surface area contributed by atoms with Crippen molar-refractivity contribution in [2.45, 2.75) is 46.1 Å². The van der Waals surface area contributed by atoms with Crippen LogP contribution in [0.15, 0.2) is 24.3 Å². The van der Waals surface area contributed by atoms with Gasteiger partial charge in [0.25, 0.3) is 0 Å². The molecule has 3 atom stereocenters. The molecule has 1 aliphatic carbocycles. The molecule has 2 rings (SSSR count). The second-order valence-electron chi connectivity index (χ2n) is 5.41. The van der Waals surface area contributed by atoms with Crippen LogP contribution >= 0.6 is 0 Å². The van der Waals surface area contributed by atoms with Crippen LogP contribution in [-0.2, 0) is 6.42 Å². The number of nitrogens with one attached hydrogen (secondary N) is 1. The van der Waals surface area contributed by atoms with Crippen LogP contribution in [0.2, 0.25) is 0 Å². The number of hydrogen-bond donors (Lipinski definition) is 1. The third-order valence-corrected chi connectivity index (χ3v) is 3.93. The summed E-state index contributed by atoms with van der Waals surface area (Å²) in [5.41, 5.74) is 2.95. The average Bonchev–Trinajstić information content (AvgIpc) is 3.07. The lowest BCUT2D eigenvalue weighted by atomic mass is 9.98. The molecule has 1 aromatic carbocycles. The molecular formula is C16H25N. The highest BCUT2D eigenvalue weighted by Crippen LogP contribution is 2.47. The summed E-state index contributed by atoms with van der Waals surface area (Å²) in [5.74, 6) is 1.75. The third kappa shape index (κ3) is 3.10. The van der Waals surface area contributed by atoms with Crippen LogP contribution in [-0.4, -0.2) is 6.54 Å². The molecule has 17 heavy (non-hydrogen) atoms. The highest BCUT2D eigenvalue weighted by Gasteiger charge is 2.39. The van der Waals surface area contributed by atoms with Crippen molar-refractivity contribution in [1.82, 2.24) is 5.32 Å². The van der Waals surface area contributed by atoms with Gasteiger partial charge in [-0.25, -0.2) is 0 Å². The fourth-order valence-corrected chi connectivity index (χ4v) is 2.64. The van der Waals surface area contributed by atoms with E-state index in [0.29, 0.717) is 6.04 Å². The Morgan fingerprint density at radius 1 is 1.35 bits per heavy atom. The van der Waals surface area contributed by atoms with Gasteiger partial charge in [0.15, 0.2) is 0 Å². The topological polar surface area (TPSA) is 12.0 Å². The zero-order valence-electron chi connectivity index (χ0n) is 11.4. The first kappa shape index (κ1) is 12.6. The molecule has 1 aliphatic rings. The lowest BCUT2D eigenvalue weighted by Crippen LogP contribution is -2.24. The van der Waals surface area contributed by atoms with E-state index in [0.717, 1.165) is 24.8 Å². The number of hydrogen-bond acceptors (Lipinski definition) is 1. The second-order valence-corrected chi connectivity index (χ2v) is 5.41. The standard InChI is InChI=1S/C16H25N/c1-4-9-17-16(15-10-12(15)3)14-8-6-7-13(5-2)11-14/h6-8,11-12,15-17H,4-5,9-10H2,1-3H3. The minimum Gasteiger partial charge on any atom is -0.310 e. The normalized spacial score (nSPS) is 24.6. The van der Waals surface area contributed by atoms with Crippen molar-refractivity contribution in [3.8, 4) is 0 Å². The largest absolute Gasteiger partial charge is 0.310 e. The van der Waals surface area contributed by atoms with Gasteiger partial charge >= 0.3 is 0 Å². The van der Waals surface area contributed by atoms with E-state index in [2.05, 4.69) is 50.4 Å². The number of aryl methyl sites for hydroxylation is 1. The zero-order valence-corrected chi connectivity index (χ0v) is 11.4. The van der Waals surface area contributed by atoms with E-state index in [4.69, 9.17) is 0 Å². The van der Waals surface area contributed by atoms with Crippen LogP contribution in [0.5, 0.6) is 0 Å². The summed E-state index contributed by atoms with van der Waals surface area (Å²) in [4.78, 5) is 0. The predicted molar refractivity (Wildman–Crippen MR) is 74.1 cm³/mol. The lowest BCUT2D eigenvalue weighted by Gasteiger charge is -2.19. The van der Waals surface area contributed by atoms with Gasteiger partial charge < -0.3 is 5.32 Å². The molecule has 0 aromatic heterocycles. The Morgan fingerprint density at radius 2 is 2.12 bits per heavy atom. The van der Waals surface area contributed by atoms with E-state index >= 15 is 0 Å². The molecule has 1 nitrogen and oxygen atoms in total. The molecule has 1 aromatic rings. The molecule has 1 fully saturated rings. The Labute approximate surface area is 106 Å². The maximum absolute atomic E-state index is 3.73. The van der Waals surface area contributed by atoms with Gasteiger partial charge in [0, 0.05) is 6.04 Å². The third-order valence-electron chi connectivity index (χ3n) is 3.93. The van der Waals surface area contributed by atoms with Crippen LogP contribution in [0.25, 0.3) is 0 Å². The van der Waals surface area contributed by atoms with Crippen LogP contribution in [0.3, 0.4) is 0 Å². The molecular weight excluding hydrogens is 206 g/mol. The molecule has 1 N–H and O–H groups in total. The maximum Gasteiger partial charge on any atom is 0.0351 e. The fourth-order valence-electron chi connectivity index (χ4n) is 2.64. The number of rotatable bonds is 6. The van der Waals surface area contributed by atoms with Crippen LogP contribution in [0.1, 0.15) is 50.8 Å². The highest BCUT2D eigenvalue weighted by molar-refractivity contribution is 5.27. The summed E-state index contributed by atoms with van der Waals surface area (Å²) in [5, 5.41) is 3.73. The van der Waals surface area contributed by atoms with Crippen LogP contribution < -0.4 is 5.32 Å². The first-order valence-corrected chi connectivity index (χ1v) is 7.08. The first-order chi connectivity index (χ1) is 8.26. The average molecular weight is 231 g/mol. The minimum atomic E-state index is 0.580. The van der Waals surface area contributed by atoms with Gasteiger partial charge in [-0.15, -0.1) is 0 Å². The highest BCUT2D eigenvalue weighted by atomic mass is 14.9. The Balaban J connectivity index is 2.12. The summed E-state index contributed by atoms with van der Waals surface area (Å²) in [6.07, 6.45) is 3.73.